The molecule has 0 amide bonds. The maximum Gasteiger partial charge on any atom is 0.433 e. The monoisotopic (exact) mass is 155 g/mol. The molecule has 0 bridgehead atoms. The molecule has 0 spiro atoms. The van der Waals surface area contributed by atoms with Crippen molar-refractivity contribution in [1.29, 1.82) is 0 Å². The molecular weight excluding hydrogens is 150 g/mol. The fourth-order valence-electron chi connectivity index (χ4n) is 0.583. The van der Waals surface area contributed by atoms with Crippen molar-refractivity contribution in [3.05, 3.63) is 28.0 Å². The van der Waals surface area contributed by atoms with Gasteiger partial charge in [0.1, 0.15) is 4.92 Å². The molecule has 0 aliphatic rings. The first-order valence-corrected chi connectivity index (χ1v) is 2.71. The van der Waals surface area contributed by atoms with Gasteiger partial charge in [0.25, 0.3) is 0 Å². The summed E-state index contributed by atoms with van der Waals surface area (Å²) in [5, 5.41) is 13.2. The van der Waals surface area contributed by atoms with Gasteiger partial charge in [-0.1, -0.05) is 0 Å². The highest BCUT2D eigenvalue weighted by atomic mass is 16.6. The molecule has 58 valence electrons. The topological polar surface area (TPSA) is 94.7 Å². The van der Waals surface area contributed by atoms with Gasteiger partial charge in [0.15, 0.2) is 5.76 Å². The SMILES string of the molecule is N/N=C/c1ccc([N+](=O)[O-])o1. The highest BCUT2D eigenvalue weighted by Crippen LogP contribution is 2.13. The molecule has 6 heteroatoms. The lowest BCUT2D eigenvalue weighted by atomic mass is 10.5. The van der Waals surface area contributed by atoms with Crippen LogP contribution in [0.15, 0.2) is 21.7 Å². The summed E-state index contributed by atoms with van der Waals surface area (Å²) in [6, 6.07) is 2.64. The molecule has 2 N–H and O–H groups in total. The van der Waals surface area contributed by atoms with Gasteiger partial charge in [-0.05, 0) is 6.07 Å². The minimum atomic E-state index is -0.631. The molecule has 6 nitrogen and oxygen atoms in total. The quantitative estimate of drug-likeness (QED) is 0.291. The standard InChI is InChI=1S/C5H5N3O3/c6-7-3-4-1-2-5(11-4)8(9)10/h1-3H,6H2/b7-3+. The van der Waals surface area contributed by atoms with Gasteiger partial charge in [0.05, 0.1) is 12.3 Å². The molecule has 1 aromatic rings. The van der Waals surface area contributed by atoms with Crippen LogP contribution in [0.1, 0.15) is 5.76 Å². The Morgan fingerprint density at radius 2 is 2.45 bits per heavy atom. The van der Waals surface area contributed by atoms with E-state index in [1.54, 1.807) is 0 Å². The Labute approximate surface area is 61.4 Å². The van der Waals surface area contributed by atoms with E-state index in [-0.39, 0.29) is 11.6 Å². The first-order chi connectivity index (χ1) is 5.24. The smallest absolute Gasteiger partial charge is 0.400 e. The van der Waals surface area contributed by atoms with Crippen LogP contribution in [0.3, 0.4) is 0 Å². The van der Waals surface area contributed by atoms with E-state index in [1.807, 2.05) is 0 Å². The molecule has 1 rings (SSSR count). The maximum absolute atomic E-state index is 10.1. The van der Waals surface area contributed by atoms with Crippen LogP contribution < -0.4 is 5.84 Å². The van der Waals surface area contributed by atoms with Crippen molar-refractivity contribution in [3.8, 4) is 0 Å². The van der Waals surface area contributed by atoms with Gasteiger partial charge in [0, 0.05) is 0 Å². The van der Waals surface area contributed by atoms with Crippen LogP contribution in [0.2, 0.25) is 0 Å². The van der Waals surface area contributed by atoms with Crippen LogP contribution in [-0.2, 0) is 0 Å². The summed E-state index contributed by atoms with van der Waals surface area (Å²) in [7, 11) is 0. The maximum atomic E-state index is 10.1. The zero-order valence-electron chi connectivity index (χ0n) is 5.43. The molecule has 0 fully saturated rings. The minimum Gasteiger partial charge on any atom is -0.400 e. The molecule has 0 saturated heterocycles. The van der Waals surface area contributed by atoms with Crippen LogP contribution in [-0.4, -0.2) is 11.1 Å². The summed E-state index contributed by atoms with van der Waals surface area (Å²) in [4.78, 5) is 9.42. The van der Waals surface area contributed by atoms with Gasteiger partial charge in [-0.2, -0.15) is 5.10 Å². The van der Waals surface area contributed by atoms with E-state index in [0.29, 0.717) is 0 Å². The molecular formula is C5H5N3O3. The lowest BCUT2D eigenvalue weighted by Gasteiger charge is -1.80. The lowest BCUT2D eigenvalue weighted by molar-refractivity contribution is -0.402. The van der Waals surface area contributed by atoms with Gasteiger partial charge in [-0.25, -0.2) is 0 Å². The Bertz CT molecular complexity index is 291. The van der Waals surface area contributed by atoms with Crippen molar-refractivity contribution in [2.75, 3.05) is 0 Å². The summed E-state index contributed by atoms with van der Waals surface area (Å²) >= 11 is 0. The van der Waals surface area contributed by atoms with Gasteiger partial charge in [-0.3, -0.25) is 10.1 Å². The van der Waals surface area contributed by atoms with Crippen molar-refractivity contribution >= 4 is 12.1 Å². The molecule has 0 aliphatic carbocycles. The third kappa shape index (κ3) is 1.54. The van der Waals surface area contributed by atoms with E-state index in [1.165, 1.54) is 18.3 Å². The fraction of sp³-hybridized carbons (Fsp3) is 0. The van der Waals surface area contributed by atoms with Crippen molar-refractivity contribution < 1.29 is 9.34 Å². The second kappa shape index (κ2) is 2.82. The van der Waals surface area contributed by atoms with E-state index in [2.05, 4.69) is 9.52 Å². The Hall–Kier alpha value is -1.85. The minimum absolute atomic E-state index is 0.263. The number of hydrogen-bond donors (Lipinski definition) is 1. The largest absolute Gasteiger partial charge is 0.433 e. The first kappa shape index (κ1) is 7.26. The van der Waals surface area contributed by atoms with Crippen LogP contribution in [0.25, 0.3) is 0 Å². The second-order valence-corrected chi connectivity index (χ2v) is 1.71. The second-order valence-electron chi connectivity index (χ2n) is 1.71. The van der Waals surface area contributed by atoms with Crippen molar-refractivity contribution in [2.45, 2.75) is 0 Å². The molecule has 1 aromatic heterocycles. The van der Waals surface area contributed by atoms with Crippen molar-refractivity contribution in [1.82, 2.24) is 0 Å². The number of nitro groups is 1. The van der Waals surface area contributed by atoms with Gasteiger partial charge in [0.2, 0.25) is 0 Å². The third-order valence-corrected chi connectivity index (χ3v) is 0.994. The number of nitrogens with zero attached hydrogens (tertiary/aromatic N) is 2. The molecule has 0 radical (unpaired) electrons. The van der Waals surface area contributed by atoms with E-state index in [4.69, 9.17) is 5.84 Å². The number of nitrogens with two attached hydrogens (primary N) is 1. The van der Waals surface area contributed by atoms with Gasteiger partial charge in [-0.15, -0.1) is 0 Å². The Balaban J connectivity index is 2.90. The van der Waals surface area contributed by atoms with Crippen molar-refractivity contribution in [2.24, 2.45) is 10.9 Å². The molecule has 0 atom stereocenters. The Morgan fingerprint density at radius 3 is 2.91 bits per heavy atom. The number of rotatable bonds is 2. The highest BCUT2D eigenvalue weighted by molar-refractivity contribution is 5.75. The highest BCUT2D eigenvalue weighted by Gasteiger charge is 2.09. The zero-order valence-corrected chi connectivity index (χ0v) is 5.43. The average Bonchev–Trinajstić information content (AvgIpc) is 2.37. The predicted molar refractivity (Wildman–Crippen MR) is 37.1 cm³/mol. The molecule has 11 heavy (non-hydrogen) atoms. The molecule has 0 aromatic carbocycles. The van der Waals surface area contributed by atoms with E-state index in [0.717, 1.165) is 0 Å². The number of furan rings is 1. The van der Waals surface area contributed by atoms with Crippen LogP contribution in [0.4, 0.5) is 5.88 Å². The lowest BCUT2D eigenvalue weighted by Crippen LogP contribution is -1.84. The molecule has 0 saturated carbocycles. The van der Waals surface area contributed by atoms with E-state index in [9.17, 15) is 10.1 Å². The van der Waals surface area contributed by atoms with Crippen molar-refractivity contribution in [3.63, 3.8) is 0 Å². The summed E-state index contributed by atoms with van der Waals surface area (Å²) in [5.41, 5.74) is 0. The first-order valence-electron chi connectivity index (χ1n) is 2.71. The Kier molecular flexibility index (Phi) is 1.86. The molecule has 0 unspecified atom stereocenters. The predicted octanol–water partition coefficient (Wildman–Crippen LogP) is 0.480. The summed E-state index contributed by atoms with van der Waals surface area (Å²) < 4.78 is 4.66. The normalized spacial score (nSPS) is 10.5. The molecule has 0 aliphatic heterocycles. The van der Waals surface area contributed by atoms with E-state index >= 15 is 0 Å². The van der Waals surface area contributed by atoms with Gasteiger partial charge < -0.3 is 10.3 Å². The van der Waals surface area contributed by atoms with Crippen LogP contribution in [0, 0.1) is 10.1 Å². The average molecular weight is 155 g/mol. The van der Waals surface area contributed by atoms with Crippen LogP contribution >= 0.6 is 0 Å². The van der Waals surface area contributed by atoms with Gasteiger partial charge >= 0.3 is 5.88 Å². The summed E-state index contributed by atoms with van der Waals surface area (Å²) in [6.45, 7) is 0. The zero-order chi connectivity index (χ0) is 8.27. The summed E-state index contributed by atoms with van der Waals surface area (Å²) in [6.07, 6.45) is 1.19. The number of hydrogen-bond acceptors (Lipinski definition) is 5. The summed E-state index contributed by atoms with van der Waals surface area (Å²) in [5.74, 6) is 4.73. The third-order valence-electron chi connectivity index (χ3n) is 0.994. The molecule has 1 heterocycles. The number of hydrazone groups is 1. The van der Waals surface area contributed by atoms with E-state index < -0.39 is 4.92 Å². The Morgan fingerprint density at radius 1 is 1.73 bits per heavy atom. The van der Waals surface area contributed by atoms with Crippen LogP contribution in [0.5, 0.6) is 0 Å². The fourth-order valence-corrected chi connectivity index (χ4v) is 0.583.